The van der Waals surface area contributed by atoms with E-state index in [4.69, 9.17) is 35.4 Å². The maximum Gasteiger partial charge on any atom is 0.231 e. The number of fused-ring (bicyclic) bond motifs is 1. The molecule has 0 aliphatic carbocycles. The summed E-state index contributed by atoms with van der Waals surface area (Å²) in [5, 5.41) is 8.43. The highest BCUT2D eigenvalue weighted by Crippen LogP contribution is 2.49. The Labute approximate surface area is 193 Å². The van der Waals surface area contributed by atoms with Crippen molar-refractivity contribution in [3.8, 4) is 23.0 Å². The highest BCUT2D eigenvalue weighted by molar-refractivity contribution is 6.30. The maximum absolute atomic E-state index is 5.92. The third kappa shape index (κ3) is 5.47. The lowest BCUT2D eigenvalue weighted by Crippen LogP contribution is -2.25. The van der Waals surface area contributed by atoms with Gasteiger partial charge in [-0.3, -0.25) is 0 Å². The molecule has 7 nitrogen and oxygen atoms in total. The molecule has 0 aromatic heterocycles. The average Bonchev–Trinajstić information content (AvgIpc) is 3.40. The molecule has 168 valence electrons. The number of ether oxygens (including phenoxy) is 4. The first-order valence-electron chi connectivity index (χ1n) is 9.88. The van der Waals surface area contributed by atoms with Gasteiger partial charge in [0.2, 0.25) is 18.3 Å². The van der Waals surface area contributed by atoms with Gasteiger partial charge in [0.25, 0.3) is 0 Å². The van der Waals surface area contributed by atoms with E-state index < -0.39 is 0 Å². The van der Waals surface area contributed by atoms with Crippen LogP contribution >= 0.6 is 24.0 Å². The molecule has 0 fully saturated rings. The summed E-state index contributed by atoms with van der Waals surface area (Å²) in [4.78, 5) is 5.66. The van der Waals surface area contributed by atoms with Crippen molar-refractivity contribution >= 4 is 29.7 Å². The minimum Gasteiger partial charge on any atom is -0.492 e. The Hall–Kier alpha value is -2.35. The van der Waals surface area contributed by atoms with Crippen molar-refractivity contribution in [3.63, 3.8) is 0 Å². The fraction of sp³-hybridized carbons (Fsp3) is 0.409. The van der Waals surface area contributed by atoms with Gasteiger partial charge in [0, 0.05) is 30.0 Å². The van der Waals surface area contributed by atoms with Gasteiger partial charge in [0.1, 0.15) is 6.10 Å². The van der Waals surface area contributed by atoms with Gasteiger partial charge >= 0.3 is 0 Å². The number of nitrogens with one attached hydrogen (secondary N) is 1. The molecule has 0 radical (unpaired) electrons. The Kier molecular flexibility index (Phi) is 8.12. The lowest BCUT2D eigenvalue weighted by Gasteiger charge is -2.16. The third-order valence-corrected chi connectivity index (χ3v) is 5.39. The highest BCUT2D eigenvalue weighted by atomic mass is 35.5. The van der Waals surface area contributed by atoms with Crippen LogP contribution in [-0.2, 0) is 17.7 Å². The van der Waals surface area contributed by atoms with Gasteiger partial charge in [0.05, 0.1) is 19.9 Å². The van der Waals surface area contributed by atoms with E-state index in [1.54, 1.807) is 14.2 Å². The summed E-state index contributed by atoms with van der Waals surface area (Å²) in [5.74, 6) is 2.42. The SMILES string of the molecule is COc1c(CC2CC(CNCCc3ccc(Cl)cc3)=NO2)cc2c(c1OC)OCO2.Cl. The second kappa shape index (κ2) is 10.8. The van der Waals surface area contributed by atoms with Crippen LogP contribution in [0.5, 0.6) is 23.0 Å². The van der Waals surface area contributed by atoms with Gasteiger partial charge in [-0.2, -0.15) is 0 Å². The van der Waals surface area contributed by atoms with Crippen LogP contribution in [0.1, 0.15) is 17.5 Å². The number of oxime groups is 1. The van der Waals surface area contributed by atoms with Crippen molar-refractivity contribution in [1.29, 1.82) is 0 Å². The third-order valence-electron chi connectivity index (χ3n) is 5.13. The lowest BCUT2D eigenvalue weighted by atomic mass is 10.0. The molecule has 2 aromatic carbocycles. The van der Waals surface area contributed by atoms with E-state index in [9.17, 15) is 0 Å². The van der Waals surface area contributed by atoms with Gasteiger partial charge < -0.3 is 29.1 Å². The molecule has 9 heteroatoms. The van der Waals surface area contributed by atoms with Crippen molar-refractivity contribution in [2.75, 3.05) is 34.1 Å². The molecule has 2 aliphatic rings. The van der Waals surface area contributed by atoms with Crippen LogP contribution in [0.4, 0.5) is 0 Å². The fourth-order valence-electron chi connectivity index (χ4n) is 3.67. The summed E-state index contributed by atoms with van der Waals surface area (Å²) in [6.45, 7) is 1.73. The summed E-state index contributed by atoms with van der Waals surface area (Å²) in [7, 11) is 3.21. The number of halogens is 2. The van der Waals surface area contributed by atoms with E-state index in [0.29, 0.717) is 36.0 Å². The number of benzene rings is 2. The summed E-state index contributed by atoms with van der Waals surface area (Å²) in [6, 6.07) is 9.84. The van der Waals surface area contributed by atoms with Crippen molar-refractivity contribution in [1.82, 2.24) is 5.32 Å². The first-order valence-corrected chi connectivity index (χ1v) is 10.3. The first kappa shape index (κ1) is 23.3. The minimum atomic E-state index is -0.0583. The van der Waals surface area contributed by atoms with Crippen molar-refractivity contribution in [3.05, 3.63) is 46.5 Å². The van der Waals surface area contributed by atoms with Gasteiger partial charge in [-0.15, -0.1) is 12.4 Å². The van der Waals surface area contributed by atoms with Crippen LogP contribution in [-0.4, -0.2) is 45.9 Å². The van der Waals surface area contributed by atoms with Crippen LogP contribution in [0.15, 0.2) is 35.5 Å². The molecule has 0 bridgehead atoms. The Morgan fingerprint density at radius 1 is 1.13 bits per heavy atom. The quantitative estimate of drug-likeness (QED) is 0.560. The maximum atomic E-state index is 5.92. The Morgan fingerprint density at radius 2 is 1.90 bits per heavy atom. The van der Waals surface area contributed by atoms with Crippen LogP contribution in [0.2, 0.25) is 5.02 Å². The van der Waals surface area contributed by atoms with E-state index in [1.165, 1.54) is 5.56 Å². The molecule has 4 rings (SSSR count). The molecule has 2 aromatic rings. The van der Waals surface area contributed by atoms with E-state index in [2.05, 4.69) is 10.5 Å². The van der Waals surface area contributed by atoms with E-state index in [1.807, 2.05) is 30.3 Å². The molecule has 1 N–H and O–H groups in total. The van der Waals surface area contributed by atoms with E-state index >= 15 is 0 Å². The molecular weight excluding hydrogens is 443 g/mol. The number of nitrogens with zero attached hydrogens (tertiary/aromatic N) is 1. The van der Waals surface area contributed by atoms with Gasteiger partial charge in [-0.1, -0.05) is 28.9 Å². The molecule has 1 unspecified atom stereocenters. The number of rotatable bonds is 9. The second-order valence-electron chi connectivity index (χ2n) is 7.18. The zero-order chi connectivity index (χ0) is 20.9. The molecular formula is C22H26Cl2N2O5. The summed E-state index contributed by atoms with van der Waals surface area (Å²) in [5.41, 5.74) is 3.19. The zero-order valence-corrected chi connectivity index (χ0v) is 19.1. The highest BCUT2D eigenvalue weighted by Gasteiger charge is 2.29. The van der Waals surface area contributed by atoms with Crippen molar-refractivity contribution in [2.45, 2.75) is 25.4 Å². The summed E-state index contributed by atoms with van der Waals surface area (Å²) >= 11 is 5.92. The summed E-state index contributed by atoms with van der Waals surface area (Å²) < 4.78 is 22.1. The van der Waals surface area contributed by atoms with Crippen LogP contribution < -0.4 is 24.3 Å². The molecule has 31 heavy (non-hydrogen) atoms. The monoisotopic (exact) mass is 468 g/mol. The largest absolute Gasteiger partial charge is 0.492 e. The minimum absolute atomic E-state index is 0. The number of methoxy groups -OCH3 is 2. The van der Waals surface area contributed by atoms with Crippen LogP contribution in [0, 0.1) is 0 Å². The molecule has 1 atom stereocenters. The second-order valence-corrected chi connectivity index (χ2v) is 7.62. The summed E-state index contributed by atoms with van der Waals surface area (Å²) in [6.07, 6.45) is 2.27. The molecule has 0 amide bonds. The lowest BCUT2D eigenvalue weighted by molar-refractivity contribution is 0.0853. The van der Waals surface area contributed by atoms with Crippen molar-refractivity contribution in [2.24, 2.45) is 5.16 Å². The van der Waals surface area contributed by atoms with Crippen LogP contribution in [0.3, 0.4) is 0 Å². The predicted molar refractivity (Wildman–Crippen MR) is 122 cm³/mol. The van der Waals surface area contributed by atoms with Gasteiger partial charge in [0.15, 0.2) is 11.5 Å². The number of hydrogen-bond donors (Lipinski definition) is 1. The van der Waals surface area contributed by atoms with Gasteiger partial charge in [-0.25, -0.2) is 0 Å². The fourth-order valence-corrected chi connectivity index (χ4v) is 3.79. The smallest absolute Gasteiger partial charge is 0.231 e. The Bertz CT molecular complexity index is 921. The van der Waals surface area contributed by atoms with E-state index in [-0.39, 0.29) is 25.3 Å². The van der Waals surface area contributed by atoms with Gasteiger partial charge in [-0.05, 0) is 36.7 Å². The average molecular weight is 469 g/mol. The molecule has 0 saturated heterocycles. The van der Waals surface area contributed by atoms with Crippen LogP contribution in [0.25, 0.3) is 0 Å². The topological polar surface area (TPSA) is 70.5 Å². The molecule has 2 aliphatic heterocycles. The molecule has 2 heterocycles. The normalized spacial score (nSPS) is 16.4. The first-order chi connectivity index (χ1) is 14.7. The van der Waals surface area contributed by atoms with E-state index in [0.717, 1.165) is 35.7 Å². The standard InChI is InChI=1S/C22H25ClN2O5.ClH/c1-26-20-15(10-19-21(22(20)27-2)29-13-28-19)9-18-11-17(25-30-18)12-24-8-7-14-3-5-16(23)6-4-14;/h3-6,10,18,24H,7-9,11-13H2,1-2H3;1H. The molecule has 0 spiro atoms. The van der Waals surface area contributed by atoms with Crippen molar-refractivity contribution < 1.29 is 23.8 Å². The molecule has 0 saturated carbocycles. The predicted octanol–water partition coefficient (Wildman–Crippen LogP) is 4.03. The Morgan fingerprint density at radius 3 is 2.65 bits per heavy atom. The number of hydrogen-bond acceptors (Lipinski definition) is 7. The zero-order valence-electron chi connectivity index (χ0n) is 17.5. The Balaban J connectivity index is 0.00000272.